The molecule has 0 unspecified atom stereocenters. The van der Waals surface area contributed by atoms with Gasteiger partial charge in [-0.3, -0.25) is 19.7 Å². The highest BCUT2D eigenvalue weighted by Crippen LogP contribution is 2.22. The molecule has 10 heteroatoms. The average molecular weight is 377 g/mol. The first-order valence-corrected chi connectivity index (χ1v) is 8.13. The Labute approximate surface area is 152 Å². The topological polar surface area (TPSA) is 115 Å². The van der Waals surface area contributed by atoms with Crippen LogP contribution < -0.4 is 10.1 Å². The molecule has 1 aliphatic rings. The quantitative estimate of drug-likeness (QED) is 0.445. The number of nitro groups is 1. The van der Waals surface area contributed by atoms with Crippen molar-refractivity contribution in [3.8, 4) is 5.75 Å². The van der Waals surface area contributed by atoms with E-state index in [4.69, 9.17) is 9.15 Å². The smallest absolute Gasteiger partial charge is 0.433 e. The van der Waals surface area contributed by atoms with E-state index in [1.54, 1.807) is 0 Å². The summed E-state index contributed by atoms with van der Waals surface area (Å²) >= 11 is 0. The number of hydrogen-bond acceptors (Lipinski definition) is 6. The minimum atomic E-state index is -0.725. The average Bonchev–Trinajstić information content (AvgIpc) is 3.09. The number of nitrogens with one attached hydrogen (secondary N) is 1. The van der Waals surface area contributed by atoms with Crippen LogP contribution in [-0.2, 0) is 4.79 Å². The number of furan rings is 1. The second-order valence-corrected chi connectivity index (χ2v) is 5.90. The Morgan fingerprint density at radius 3 is 2.59 bits per heavy atom. The molecule has 1 aromatic heterocycles. The Kier molecular flexibility index (Phi) is 5.34. The van der Waals surface area contributed by atoms with Crippen LogP contribution in [0.3, 0.4) is 0 Å². The van der Waals surface area contributed by atoms with E-state index < -0.39 is 16.7 Å². The summed E-state index contributed by atoms with van der Waals surface area (Å²) in [6.07, 6.45) is 0. The second-order valence-electron chi connectivity index (χ2n) is 5.90. The molecule has 2 amide bonds. The third kappa shape index (κ3) is 4.40. The Balaban J connectivity index is 1.37. The highest BCUT2D eigenvalue weighted by molar-refractivity contribution is 5.94. The van der Waals surface area contributed by atoms with E-state index >= 15 is 0 Å². The molecule has 0 atom stereocenters. The highest BCUT2D eigenvalue weighted by atomic mass is 19.1. The first kappa shape index (κ1) is 18.4. The van der Waals surface area contributed by atoms with Crippen molar-refractivity contribution in [3.63, 3.8) is 0 Å². The molecular formula is C17H16FN3O6. The van der Waals surface area contributed by atoms with Crippen molar-refractivity contribution in [2.24, 2.45) is 5.92 Å². The maximum absolute atomic E-state index is 12.8. The van der Waals surface area contributed by atoms with Gasteiger partial charge in [0.15, 0.2) is 5.76 Å². The van der Waals surface area contributed by atoms with Crippen LogP contribution in [0.5, 0.6) is 5.75 Å². The molecule has 0 bridgehead atoms. The molecule has 1 fully saturated rings. The van der Waals surface area contributed by atoms with Gasteiger partial charge in [-0.25, -0.2) is 4.39 Å². The van der Waals surface area contributed by atoms with Gasteiger partial charge in [0.25, 0.3) is 5.91 Å². The predicted molar refractivity (Wildman–Crippen MR) is 89.7 cm³/mol. The lowest BCUT2D eigenvalue weighted by atomic mass is 9.99. The van der Waals surface area contributed by atoms with Crippen molar-refractivity contribution in [2.75, 3.05) is 26.2 Å². The lowest BCUT2D eigenvalue weighted by molar-refractivity contribution is -0.402. The Morgan fingerprint density at radius 1 is 1.26 bits per heavy atom. The third-order valence-electron chi connectivity index (χ3n) is 4.01. The number of hydrogen-bond donors (Lipinski definition) is 1. The number of halogens is 1. The Morgan fingerprint density at radius 2 is 1.96 bits per heavy atom. The number of likely N-dealkylation sites (tertiary alicyclic amines) is 1. The molecule has 1 N–H and O–H groups in total. The summed E-state index contributed by atoms with van der Waals surface area (Å²) in [7, 11) is 0. The molecule has 0 aliphatic carbocycles. The molecule has 0 radical (unpaired) electrons. The summed E-state index contributed by atoms with van der Waals surface area (Å²) in [6, 6.07) is 7.89. The normalized spacial score (nSPS) is 13.7. The fraction of sp³-hybridized carbons (Fsp3) is 0.294. The van der Waals surface area contributed by atoms with Crippen LogP contribution in [0.15, 0.2) is 40.8 Å². The van der Waals surface area contributed by atoms with Gasteiger partial charge in [-0.05, 0) is 30.3 Å². The summed E-state index contributed by atoms with van der Waals surface area (Å²) in [4.78, 5) is 35.3. The van der Waals surface area contributed by atoms with E-state index in [0.29, 0.717) is 5.75 Å². The maximum Gasteiger partial charge on any atom is 0.433 e. The summed E-state index contributed by atoms with van der Waals surface area (Å²) in [5.41, 5.74) is 0. The van der Waals surface area contributed by atoms with Gasteiger partial charge in [-0.1, -0.05) is 0 Å². The Hall–Kier alpha value is -3.43. The molecule has 27 heavy (non-hydrogen) atoms. The van der Waals surface area contributed by atoms with Crippen molar-refractivity contribution in [1.82, 2.24) is 10.2 Å². The second kappa shape index (κ2) is 7.85. The van der Waals surface area contributed by atoms with Gasteiger partial charge in [0, 0.05) is 13.1 Å². The van der Waals surface area contributed by atoms with E-state index in [9.17, 15) is 24.1 Å². The number of nitrogens with zero attached hydrogens (tertiary/aromatic N) is 2. The molecule has 2 heterocycles. The van der Waals surface area contributed by atoms with Crippen molar-refractivity contribution >= 4 is 17.7 Å². The zero-order valence-electron chi connectivity index (χ0n) is 14.1. The molecule has 1 aliphatic heterocycles. The van der Waals surface area contributed by atoms with Crippen LogP contribution >= 0.6 is 0 Å². The van der Waals surface area contributed by atoms with E-state index in [0.717, 1.165) is 6.07 Å². The van der Waals surface area contributed by atoms with E-state index in [1.807, 2.05) is 0 Å². The van der Waals surface area contributed by atoms with Gasteiger partial charge in [-0.2, -0.15) is 0 Å². The summed E-state index contributed by atoms with van der Waals surface area (Å²) in [5.74, 6) is -1.56. The number of rotatable bonds is 7. The largest absolute Gasteiger partial charge is 0.492 e. The van der Waals surface area contributed by atoms with Gasteiger partial charge >= 0.3 is 5.88 Å². The molecule has 1 saturated heterocycles. The molecule has 0 spiro atoms. The van der Waals surface area contributed by atoms with E-state index in [2.05, 4.69) is 5.32 Å². The molecule has 142 valence electrons. The minimum Gasteiger partial charge on any atom is -0.492 e. The van der Waals surface area contributed by atoms with Crippen LogP contribution in [-0.4, -0.2) is 47.9 Å². The van der Waals surface area contributed by atoms with Crippen molar-refractivity contribution < 1.29 is 28.1 Å². The number of ether oxygens (including phenoxy) is 1. The lowest BCUT2D eigenvalue weighted by Gasteiger charge is -2.37. The molecule has 1 aromatic carbocycles. The first-order chi connectivity index (χ1) is 12.9. The minimum absolute atomic E-state index is 0.131. The van der Waals surface area contributed by atoms with Crippen molar-refractivity contribution in [3.05, 3.63) is 58.1 Å². The number of carbonyl (C=O) groups excluding carboxylic acids is 2. The summed E-state index contributed by atoms with van der Waals surface area (Å²) in [6.45, 7) is 0.907. The molecule has 2 aromatic rings. The van der Waals surface area contributed by atoms with Gasteiger partial charge in [0.1, 0.15) is 23.1 Å². The molecule has 9 nitrogen and oxygen atoms in total. The summed E-state index contributed by atoms with van der Waals surface area (Å²) < 4.78 is 23.0. The monoisotopic (exact) mass is 377 g/mol. The SMILES string of the molecule is O=C(NCCOc1ccc(F)cc1)C1CN(C(=O)c2ccc([N+](=O)[O-])o2)C1. The number of carbonyl (C=O) groups is 2. The fourth-order valence-corrected chi connectivity index (χ4v) is 2.53. The Bertz CT molecular complexity index is 845. The van der Waals surface area contributed by atoms with Crippen LogP contribution in [0.1, 0.15) is 10.6 Å². The highest BCUT2D eigenvalue weighted by Gasteiger charge is 2.37. The standard InChI is InChI=1S/C17H16FN3O6/c18-12-1-3-13(4-2-12)26-8-7-19-16(22)11-9-20(10-11)17(23)14-5-6-15(27-14)21(24)25/h1-6,11H,7-10H2,(H,19,22). The zero-order valence-corrected chi connectivity index (χ0v) is 14.1. The van der Waals surface area contributed by atoms with E-state index in [-0.39, 0.29) is 49.6 Å². The van der Waals surface area contributed by atoms with Gasteiger partial charge < -0.3 is 19.4 Å². The first-order valence-electron chi connectivity index (χ1n) is 8.13. The summed E-state index contributed by atoms with van der Waals surface area (Å²) in [5, 5.41) is 13.3. The number of amides is 2. The van der Waals surface area contributed by atoms with Crippen molar-refractivity contribution in [1.29, 1.82) is 0 Å². The molecule has 3 rings (SSSR count). The zero-order chi connectivity index (χ0) is 19.4. The lowest BCUT2D eigenvalue weighted by Crippen LogP contribution is -2.56. The van der Waals surface area contributed by atoms with Gasteiger partial charge in [0.2, 0.25) is 5.91 Å². The number of benzene rings is 1. The predicted octanol–water partition coefficient (Wildman–Crippen LogP) is 1.59. The van der Waals surface area contributed by atoms with Crippen molar-refractivity contribution in [2.45, 2.75) is 0 Å². The van der Waals surface area contributed by atoms with Crippen LogP contribution in [0.4, 0.5) is 10.3 Å². The van der Waals surface area contributed by atoms with Gasteiger partial charge in [-0.15, -0.1) is 0 Å². The third-order valence-corrected chi connectivity index (χ3v) is 4.01. The fourth-order valence-electron chi connectivity index (χ4n) is 2.53. The molecular weight excluding hydrogens is 361 g/mol. The van der Waals surface area contributed by atoms with Gasteiger partial charge in [0.05, 0.1) is 18.5 Å². The van der Waals surface area contributed by atoms with E-state index in [1.165, 1.54) is 35.2 Å². The van der Waals surface area contributed by atoms with Crippen LogP contribution in [0.2, 0.25) is 0 Å². The van der Waals surface area contributed by atoms with Crippen LogP contribution in [0.25, 0.3) is 0 Å². The van der Waals surface area contributed by atoms with Crippen LogP contribution in [0, 0.1) is 21.8 Å². The maximum atomic E-state index is 12.8. The molecule has 0 saturated carbocycles.